The van der Waals surface area contributed by atoms with E-state index < -0.39 is 0 Å². The number of aromatic nitrogens is 3. The number of nitrogen functional groups attached to an aromatic ring is 1. The monoisotopic (exact) mass is 313 g/mol. The van der Waals surface area contributed by atoms with Gasteiger partial charge in [0.25, 0.3) is 0 Å². The maximum Gasteiger partial charge on any atom is 0.343 e. The standard InChI is InChI=1S/C11H12ClN5O2S/c1-17-10(19)15-16-11(17)20-5-9(18)14-8-3-2-6(12)4-7(8)13/h2-4H,5,13H2,1H3,(H,14,18)(H,15,19). The third-order valence-electron chi connectivity index (χ3n) is 2.46. The molecule has 7 nitrogen and oxygen atoms in total. The maximum atomic E-state index is 11.8. The maximum absolute atomic E-state index is 11.8. The predicted octanol–water partition coefficient (Wildman–Crippen LogP) is 1.07. The molecular formula is C11H12ClN5O2S. The second-order valence-corrected chi connectivity index (χ2v) is 5.32. The number of amides is 1. The number of nitrogens with two attached hydrogens (primary N) is 1. The highest BCUT2D eigenvalue weighted by Crippen LogP contribution is 2.23. The average molecular weight is 314 g/mol. The first-order valence-electron chi connectivity index (χ1n) is 5.56. The molecule has 0 saturated carbocycles. The molecule has 0 aliphatic carbocycles. The van der Waals surface area contributed by atoms with E-state index in [1.54, 1.807) is 25.2 Å². The van der Waals surface area contributed by atoms with Gasteiger partial charge in [0.05, 0.1) is 17.1 Å². The average Bonchev–Trinajstić information content (AvgIpc) is 2.71. The molecule has 1 aromatic heterocycles. The van der Waals surface area contributed by atoms with Crippen LogP contribution in [0.4, 0.5) is 11.4 Å². The molecule has 0 fully saturated rings. The topological polar surface area (TPSA) is 106 Å². The minimum atomic E-state index is -0.324. The summed E-state index contributed by atoms with van der Waals surface area (Å²) in [6.45, 7) is 0. The van der Waals surface area contributed by atoms with Crippen LogP contribution in [0.25, 0.3) is 0 Å². The molecule has 0 atom stereocenters. The van der Waals surface area contributed by atoms with Gasteiger partial charge in [-0.1, -0.05) is 23.4 Å². The number of halogens is 1. The number of anilines is 2. The van der Waals surface area contributed by atoms with Gasteiger partial charge < -0.3 is 11.1 Å². The lowest BCUT2D eigenvalue weighted by molar-refractivity contribution is -0.113. The molecule has 106 valence electrons. The Morgan fingerprint density at radius 2 is 2.35 bits per heavy atom. The largest absolute Gasteiger partial charge is 0.397 e. The van der Waals surface area contributed by atoms with Gasteiger partial charge in [0, 0.05) is 12.1 Å². The van der Waals surface area contributed by atoms with Crippen LogP contribution in [-0.2, 0) is 11.8 Å². The van der Waals surface area contributed by atoms with Gasteiger partial charge in [-0.15, -0.1) is 5.10 Å². The zero-order valence-corrected chi connectivity index (χ0v) is 12.1. The van der Waals surface area contributed by atoms with Crippen molar-refractivity contribution < 1.29 is 4.79 Å². The van der Waals surface area contributed by atoms with E-state index in [0.717, 1.165) is 11.8 Å². The van der Waals surface area contributed by atoms with Crippen LogP contribution in [0.2, 0.25) is 5.02 Å². The van der Waals surface area contributed by atoms with E-state index in [-0.39, 0.29) is 17.3 Å². The van der Waals surface area contributed by atoms with Gasteiger partial charge in [0.2, 0.25) is 5.91 Å². The molecule has 1 heterocycles. The van der Waals surface area contributed by atoms with Gasteiger partial charge in [-0.25, -0.2) is 9.89 Å². The molecule has 0 saturated heterocycles. The van der Waals surface area contributed by atoms with E-state index in [9.17, 15) is 9.59 Å². The summed E-state index contributed by atoms with van der Waals surface area (Å²) in [7, 11) is 1.57. The second kappa shape index (κ2) is 6.02. The van der Waals surface area contributed by atoms with E-state index in [0.29, 0.717) is 21.6 Å². The summed E-state index contributed by atoms with van der Waals surface area (Å²) < 4.78 is 1.33. The number of benzene rings is 1. The zero-order valence-electron chi connectivity index (χ0n) is 10.5. The fourth-order valence-corrected chi connectivity index (χ4v) is 2.33. The van der Waals surface area contributed by atoms with Crippen molar-refractivity contribution in [1.82, 2.24) is 14.8 Å². The fraction of sp³-hybridized carbons (Fsp3) is 0.182. The van der Waals surface area contributed by atoms with E-state index in [4.69, 9.17) is 17.3 Å². The SMILES string of the molecule is Cn1c(SCC(=O)Nc2ccc(Cl)cc2N)n[nH]c1=O. The van der Waals surface area contributed by atoms with Crippen LogP contribution in [-0.4, -0.2) is 26.4 Å². The molecule has 2 rings (SSSR count). The Hall–Kier alpha value is -1.93. The number of nitrogens with one attached hydrogen (secondary N) is 2. The molecule has 9 heteroatoms. The van der Waals surface area contributed by atoms with E-state index >= 15 is 0 Å². The van der Waals surface area contributed by atoms with Gasteiger partial charge >= 0.3 is 5.69 Å². The van der Waals surface area contributed by atoms with Crippen LogP contribution < -0.4 is 16.7 Å². The Morgan fingerprint density at radius 3 is 2.95 bits per heavy atom. The normalized spacial score (nSPS) is 10.5. The third-order valence-corrected chi connectivity index (χ3v) is 3.72. The van der Waals surface area contributed by atoms with E-state index in [1.165, 1.54) is 4.57 Å². The summed E-state index contributed by atoms with van der Waals surface area (Å²) >= 11 is 6.92. The first kappa shape index (κ1) is 14.5. The van der Waals surface area contributed by atoms with Crippen LogP contribution in [0.5, 0.6) is 0 Å². The number of hydrogen-bond acceptors (Lipinski definition) is 5. The number of rotatable bonds is 4. The van der Waals surface area contributed by atoms with Crippen molar-refractivity contribution in [1.29, 1.82) is 0 Å². The molecule has 20 heavy (non-hydrogen) atoms. The number of aromatic amines is 1. The van der Waals surface area contributed by atoms with Crippen LogP contribution in [0.3, 0.4) is 0 Å². The number of nitrogens with zero attached hydrogens (tertiary/aromatic N) is 2. The molecule has 0 unspecified atom stereocenters. The highest BCUT2D eigenvalue weighted by atomic mass is 35.5. The van der Waals surface area contributed by atoms with Gasteiger partial charge in [-0.2, -0.15) is 0 Å². The number of H-pyrrole nitrogens is 1. The lowest BCUT2D eigenvalue weighted by atomic mass is 10.2. The zero-order chi connectivity index (χ0) is 14.7. The Kier molecular flexibility index (Phi) is 4.35. The lowest BCUT2D eigenvalue weighted by Gasteiger charge is -2.07. The Morgan fingerprint density at radius 1 is 1.60 bits per heavy atom. The van der Waals surface area contributed by atoms with Crippen molar-refractivity contribution >= 4 is 40.6 Å². The molecular weight excluding hydrogens is 302 g/mol. The van der Waals surface area contributed by atoms with Crippen molar-refractivity contribution in [3.63, 3.8) is 0 Å². The lowest BCUT2D eigenvalue weighted by Crippen LogP contribution is -2.16. The number of hydrogen-bond donors (Lipinski definition) is 3. The second-order valence-electron chi connectivity index (χ2n) is 3.94. The first-order valence-corrected chi connectivity index (χ1v) is 6.93. The van der Waals surface area contributed by atoms with Crippen LogP contribution in [0.15, 0.2) is 28.2 Å². The quantitative estimate of drug-likeness (QED) is 0.578. The summed E-state index contributed by atoms with van der Waals surface area (Å²) in [5.41, 5.74) is 6.30. The van der Waals surface area contributed by atoms with Crippen LogP contribution in [0.1, 0.15) is 0 Å². The number of carbonyl (C=O) groups is 1. The summed E-state index contributed by atoms with van der Waals surface area (Å²) in [6, 6.07) is 4.82. The fourth-order valence-electron chi connectivity index (χ4n) is 1.43. The molecule has 0 bridgehead atoms. The molecule has 0 aliphatic heterocycles. The minimum absolute atomic E-state index is 0.111. The van der Waals surface area contributed by atoms with Gasteiger partial charge in [-0.3, -0.25) is 9.36 Å². The minimum Gasteiger partial charge on any atom is -0.397 e. The molecule has 1 aromatic carbocycles. The van der Waals surface area contributed by atoms with Gasteiger partial charge in [0.1, 0.15) is 0 Å². The van der Waals surface area contributed by atoms with Gasteiger partial charge in [-0.05, 0) is 18.2 Å². The Labute approximate surface area is 123 Å². The van der Waals surface area contributed by atoms with E-state index in [1.807, 2.05) is 0 Å². The molecule has 2 aromatic rings. The summed E-state index contributed by atoms with van der Waals surface area (Å²) in [6.07, 6.45) is 0. The summed E-state index contributed by atoms with van der Waals surface area (Å²) in [5.74, 6) is -0.139. The van der Waals surface area contributed by atoms with Crippen molar-refractivity contribution in [3.8, 4) is 0 Å². The Balaban J connectivity index is 1.96. The predicted molar refractivity (Wildman–Crippen MR) is 79.0 cm³/mol. The Bertz CT molecular complexity index is 696. The number of carbonyl (C=O) groups excluding carboxylic acids is 1. The van der Waals surface area contributed by atoms with Crippen LogP contribution in [0, 0.1) is 0 Å². The van der Waals surface area contributed by atoms with Crippen molar-refractivity contribution in [2.75, 3.05) is 16.8 Å². The van der Waals surface area contributed by atoms with Crippen molar-refractivity contribution in [3.05, 3.63) is 33.7 Å². The van der Waals surface area contributed by atoms with Gasteiger partial charge in [0.15, 0.2) is 5.16 Å². The summed E-state index contributed by atoms with van der Waals surface area (Å²) in [5, 5.41) is 9.69. The molecule has 0 radical (unpaired) electrons. The van der Waals surface area contributed by atoms with Crippen molar-refractivity contribution in [2.45, 2.75) is 5.16 Å². The first-order chi connectivity index (χ1) is 9.47. The molecule has 0 spiro atoms. The number of thioether (sulfide) groups is 1. The summed E-state index contributed by atoms with van der Waals surface area (Å²) in [4.78, 5) is 22.9. The van der Waals surface area contributed by atoms with Crippen LogP contribution >= 0.6 is 23.4 Å². The molecule has 4 N–H and O–H groups in total. The third kappa shape index (κ3) is 3.34. The smallest absolute Gasteiger partial charge is 0.343 e. The van der Waals surface area contributed by atoms with E-state index in [2.05, 4.69) is 15.5 Å². The van der Waals surface area contributed by atoms with Crippen molar-refractivity contribution in [2.24, 2.45) is 7.05 Å². The highest BCUT2D eigenvalue weighted by Gasteiger charge is 2.10. The molecule has 1 amide bonds. The molecule has 0 aliphatic rings. The highest BCUT2D eigenvalue weighted by molar-refractivity contribution is 7.99.